The van der Waals surface area contributed by atoms with E-state index in [1.54, 1.807) is 24.3 Å². The minimum atomic E-state index is -4.60. The standard InChI is InChI=1S/C17H17F3N4O/c1-2-3-4-8-25-15-14(17(18,19)20)11-22-16(24-15)23-13-7-5-6-12(9-13)10-21/h5-7,9,11H,2-4,8H2,1H3,(H,22,23,24). The van der Waals surface area contributed by atoms with E-state index in [0.717, 1.165) is 12.8 Å². The van der Waals surface area contributed by atoms with Gasteiger partial charge in [0, 0.05) is 11.9 Å². The summed E-state index contributed by atoms with van der Waals surface area (Å²) in [6, 6.07) is 8.44. The van der Waals surface area contributed by atoms with Crippen molar-refractivity contribution < 1.29 is 17.9 Å². The zero-order valence-corrected chi connectivity index (χ0v) is 13.6. The van der Waals surface area contributed by atoms with Gasteiger partial charge in [0.25, 0.3) is 0 Å². The second-order valence-corrected chi connectivity index (χ2v) is 5.28. The van der Waals surface area contributed by atoms with Crippen LogP contribution >= 0.6 is 0 Å². The number of anilines is 2. The predicted octanol–water partition coefficient (Wildman–Crippen LogP) is 4.68. The SMILES string of the molecule is CCCCCOc1nc(Nc2cccc(C#N)c2)ncc1C(F)(F)F. The fourth-order valence-corrected chi connectivity index (χ4v) is 2.05. The van der Waals surface area contributed by atoms with Gasteiger partial charge < -0.3 is 10.1 Å². The molecule has 1 aromatic carbocycles. The summed E-state index contributed by atoms with van der Waals surface area (Å²) in [5.41, 5.74) is -0.107. The van der Waals surface area contributed by atoms with Crippen LogP contribution in [0.4, 0.5) is 24.8 Å². The molecule has 2 aromatic rings. The van der Waals surface area contributed by atoms with Gasteiger partial charge in [-0.05, 0) is 24.6 Å². The van der Waals surface area contributed by atoms with Crippen LogP contribution < -0.4 is 10.1 Å². The Morgan fingerprint density at radius 3 is 2.76 bits per heavy atom. The minimum Gasteiger partial charge on any atom is -0.477 e. The van der Waals surface area contributed by atoms with E-state index in [1.165, 1.54) is 0 Å². The molecule has 0 unspecified atom stereocenters. The highest BCUT2D eigenvalue weighted by molar-refractivity contribution is 5.56. The number of nitrogens with one attached hydrogen (secondary N) is 1. The molecule has 0 fully saturated rings. The summed E-state index contributed by atoms with van der Waals surface area (Å²) in [4.78, 5) is 7.54. The Morgan fingerprint density at radius 1 is 1.28 bits per heavy atom. The lowest BCUT2D eigenvalue weighted by molar-refractivity contribution is -0.139. The monoisotopic (exact) mass is 350 g/mol. The van der Waals surface area contributed by atoms with Crippen molar-refractivity contribution in [3.8, 4) is 11.9 Å². The van der Waals surface area contributed by atoms with Crippen LogP contribution in [0.25, 0.3) is 0 Å². The molecule has 0 saturated carbocycles. The van der Waals surface area contributed by atoms with Crippen LogP contribution in [0.2, 0.25) is 0 Å². The van der Waals surface area contributed by atoms with E-state index >= 15 is 0 Å². The molecule has 132 valence electrons. The lowest BCUT2D eigenvalue weighted by Gasteiger charge is -2.14. The molecule has 25 heavy (non-hydrogen) atoms. The van der Waals surface area contributed by atoms with Crippen molar-refractivity contribution in [2.75, 3.05) is 11.9 Å². The number of alkyl halides is 3. The summed E-state index contributed by atoms with van der Waals surface area (Å²) in [5.74, 6) is -0.536. The lowest BCUT2D eigenvalue weighted by Crippen LogP contribution is -2.13. The number of benzene rings is 1. The third-order valence-electron chi connectivity index (χ3n) is 3.29. The summed E-state index contributed by atoms with van der Waals surface area (Å²) in [7, 11) is 0. The third-order valence-corrected chi connectivity index (χ3v) is 3.29. The average molecular weight is 350 g/mol. The van der Waals surface area contributed by atoms with Crippen molar-refractivity contribution in [2.45, 2.75) is 32.4 Å². The van der Waals surface area contributed by atoms with Crippen molar-refractivity contribution in [1.29, 1.82) is 5.26 Å². The van der Waals surface area contributed by atoms with Gasteiger partial charge in [0.15, 0.2) is 0 Å². The summed E-state index contributed by atoms with van der Waals surface area (Å²) < 4.78 is 44.4. The van der Waals surface area contributed by atoms with Gasteiger partial charge in [0.1, 0.15) is 5.56 Å². The molecular weight excluding hydrogens is 333 g/mol. The number of halogens is 3. The van der Waals surface area contributed by atoms with Crippen LogP contribution in [0.1, 0.15) is 37.3 Å². The Kier molecular flexibility index (Phi) is 6.17. The first-order chi connectivity index (χ1) is 11.9. The second kappa shape index (κ2) is 8.33. The molecular formula is C17H17F3N4O. The topological polar surface area (TPSA) is 70.8 Å². The number of hydrogen-bond donors (Lipinski definition) is 1. The zero-order valence-electron chi connectivity index (χ0n) is 13.6. The maximum absolute atomic E-state index is 13.1. The first-order valence-electron chi connectivity index (χ1n) is 7.78. The molecule has 8 heteroatoms. The molecule has 0 aliphatic carbocycles. The van der Waals surface area contributed by atoms with Gasteiger partial charge in [-0.15, -0.1) is 0 Å². The molecule has 0 aliphatic rings. The molecule has 1 heterocycles. The molecule has 0 radical (unpaired) electrons. The number of nitrogens with zero attached hydrogens (tertiary/aromatic N) is 3. The van der Waals surface area contributed by atoms with E-state index in [-0.39, 0.29) is 12.6 Å². The van der Waals surface area contributed by atoms with Crippen molar-refractivity contribution in [3.05, 3.63) is 41.6 Å². The summed E-state index contributed by atoms with van der Waals surface area (Å²) >= 11 is 0. The molecule has 1 N–H and O–H groups in total. The van der Waals surface area contributed by atoms with E-state index in [9.17, 15) is 13.2 Å². The largest absolute Gasteiger partial charge is 0.477 e. The molecule has 1 aromatic heterocycles. The Hall–Kier alpha value is -2.82. The average Bonchev–Trinajstić information content (AvgIpc) is 2.58. The minimum absolute atomic E-state index is 0.0337. The maximum Gasteiger partial charge on any atom is 0.423 e. The van der Waals surface area contributed by atoms with Crippen molar-refractivity contribution in [2.24, 2.45) is 0 Å². The third kappa shape index (κ3) is 5.35. The van der Waals surface area contributed by atoms with Gasteiger partial charge in [0.05, 0.1) is 18.2 Å². The van der Waals surface area contributed by atoms with Crippen LogP contribution in [-0.2, 0) is 6.18 Å². The van der Waals surface area contributed by atoms with Gasteiger partial charge in [-0.1, -0.05) is 25.8 Å². The van der Waals surface area contributed by atoms with Gasteiger partial charge in [-0.25, -0.2) is 4.98 Å². The zero-order chi connectivity index (χ0) is 18.3. The molecule has 0 atom stereocenters. The van der Waals surface area contributed by atoms with E-state index in [1.807, 2.05) is 13.0 Å². The molecule has 2 rings (SSSR count). The first-order valence-corrected chi connectivity index (χ1v) is 7.78. The number of rotatable bonds is 7. The summed E-state index contributed by atoms with van der Waals surface area (Å²) in [5, 5.41) is 11.7. The summed E-state index contributed by atoms with van der Waals surface area (Å²) in [6.07, 6.45) is -1.47. The van der Waals surface area contributed by atoms with E-state index in [4.69, 9.17) is 10.00 Å². The first kappa shape index (κ1) is 18.5. The molecule has 0 bridgehead atoms. The lowest BCUT2D eigenvalue weighted by atomic mass is 10.2. The van der Waals surface area contributed by atoms with E-state index < -0.39 is 17.6 Å². The Morgan fingerprint density at radius 2 is 2.08 bits per heavy atom. The highest BCUT2D eigenvalue weighted by Crippen LogP contribution is 2.35. The Balaban J connectivity index is 2.22. The van der Waals surface area contributed by atoms with E-state index in [0.29, 0.717) is 23.9 Å². The maximum atomic E-state index is 13.1. The van der Waals surface area contributed by atoms with Crippen molar-refractivity contribution >= 4 is 11.6 Å². The normalized spacial score (nSPS) is 11.0. The number of ether oxygens (including phenoxy) is 1. The summed E-state index contributed by atoms with van der Waals surface area (Å²) in [6.45, 7) is 2.14. The molecule has 0 aliphatic heterocycles. The van der Waals surface area contributed by atoms with Crippen molar-refractivity contribution in [1.82, 2.24) is 9.97 Å². The van der Waals surface area contributed by atoms with Crippen LogP contribution in [0.3, 0.4) is 0 Å². The highest BCUT2D eigenvalue weighted by atomic mass is 19.4. The van der Waals surface area contributed by atoms with Crippen LogP contribution in [-0.4, -0.2) is 16.6 Å². The van der Waals surface area contributed by atoms with Crippen LogP contribution in [0.5, 0.6) is 5.88 Å². The van der Waals surface area contributed by atoms with Gasteiger partial charge in [0.2, 0.25) is 11.8 Å². The number of aromatic nitrogens is 2. The van der Waals surface area contributed by atoms with Gasteiger partial charge in [-0.3, -0.25) is 0 Å². The number of unbranched alkanes of at least 4 members (excludes halogenated alkanes) is 2. The van der Waals surface area contributed by atoms with Gasteiger partial charge >= 0.3 is 6.18 Å². The number of hydrogen-bond acceptors (Lipinski definition) is 5. The molecule has 5 nitrogen and oxygen atoms in total. The Bertz CT molecular complexity index is 756. The predicted molar refractivity (Wildman–Crippen MR) is 86.5 cm³/mol. The van der Waals surface area contributed by atoms with Crippen LogP contribution in [0, 0.1) is 11.3 Å². The molecule has 0 amide bonds. The smallest absolute Gasteiger partial charge is 0.423 e. The van der Waals surface area contributed by atoms with Crippen LogP contribution in [0.15, 0.2) is 30.5 Å². The van der Waals surface area contributed by atoms with E-state index in [2.05, 4.69) is 15.3 Å². The van der Waals surface area contributed by atoms with Gasteiger partial charge in [-0.2, -0.15) is 23.4 Å². The number of nitriles is 1. The highest BCUT2D eigenvalue weighted by Gasteiger charge is 2.36. The fourth-order valence-electron chi connectivity index (χ4n) is 2.05. The molecule has 0 spiro atoms. The quantitative estimate of drug-likeness (QED) is 0.734. The molecule has 0 saturated heterocycles. The second-order valence-electron chi connectivity index (χ2n) is 5.28. The van der Waals surface area contributed by atoms with Crippen molar-refractivity contribution in [3.63, 3.8) is 0 Å². The fraction of sp³-hybridized carbons (Fsp3) is 0.353. The Labute approximate surface area is 143 Å².